The van der Waals surface area contributed by atoms with Crippen molar-refractivity contribution in [3.63, 3.8) is 0 Å². The summed E-state index contributed by atoms with van der Waals surface area (Å²) >= 11 is 4.88. The molecule has 5 N–H and O–H groups in total. The number of nitrogens with two attached hydrogens (primary N) is 2. The fraction of sp³-hybridized carbons (Fsp3) is 0. The number of rotatable bonds is 2. The summed E-state index contributed by atoms with van der Waals surface area (Å²) in [5.74, 6) is 0.148. The Morgan fingerprint density at radius 3 is 2.88 bits per heavy atom. The van der Waals surface area contributed by atoms with Crippen molar-refractivity contribution in [2.45, 2.75) is 0 Å². The molecule has 82 valence electrons. The predicted octanol–water partition coefficient (Wildman–Crippen LogP) is 0.558. The van der Waals surface area contributed by atoms with Gasteiger partial charge in [0.2, 0.25) is 0 Å². The second-order valence-electron chi connectivity index (χ2n) is 3.13. The number of nitrogens with zero attached hydrogens (tertiary/aromatic N) is 1. The van der Waals surface area contributed by atoms with Crippen LogP contribution in [0, 0.1) is 0 Å². The molecule has 4 nitrogen and oxygen atoms in total. The molecule has 0 amide bonds. The molecule has 0 radical (unpaired) electrons. The zero-order chi connectivity index (χ0) is 11.5. The van der Waals surface area contributed by atoms with Crippen molar-refractivity contribution < 1.29 is 4.99 Å². The van der Waals surface area contributed by atoms with Crippen LogP contribution in [0.15, 0.2) is 34.1 Å². The zero-order valence-electron chi connectivity index (χ0n) is 8.27. The highest BCUT2D eigenvalue weighted by Crippen LogP contribution is 2.24. The summed E-state index contributed by atoms with van der Waals surface area (Å²) in [4.78, 5) is 7.14. The van der Waals surface area contributed by atoms with Gasteiger partial charge in [-0.25, -0.2) is 4.99 Å². The first-order valence-corrected chi connectivity index (χ1v) is 6.19. The van der Waals surface area contributed by atoms with Crippen LogP contribution >= 0.6 is 27.3 Å². The van der Waals surface area contributed by atoms with E-state index in [4.69, 9.17) is 11.5 Å². The third kappa shape index (κ3) is 2.59. The largest absolute Gasteiger partial charge is 0.311 e. The van der Waals surface area contributed by atoms with Crippen LogP contribution in [0.25, 0.3) is 11.3 Å². The topological polar surface area (TPSA) is 78.9 Å². The molecule has 0 aliphatic carbocycles. The second-order valence-corrected chi connectivity index (χ2v) is 4.90. The van der Waals surface area contributed by atoms with Gasteiger partial charge < -0.3 is 11.5 Å². The minimum absolute atomic E-state index is 0.148. The van der Waals surface area contributed by atoms with Gasteiger partial charge in [0.15, 0.2) is 0 Å². The molecule has 16 heavy (non-hydrogen) atoms. The molecule has 0 atom stereocenters. The van der Waals surface area contributed by atoms with Crippen LogP contribution in [-0.4, -0.2) is 10.9 Å². The van der Waals surface area contributed by atoms with E-state index in [1.165, 1.54) is 11.3 Å². The van der Waals surface area contributed by atoms with Gasteiger partial charge in [0.1, 0.15) is 5.69 Å². The molecule has 0 aliphatic heterocycles. The number of thiazole rings is 1. The van der Waals surface area contributed by atoms with E-state index in [0.717, 1.165) is 15.7 Å². The maximum absolute atomic E-state index is 5.34. The molecule has 2 aromatic rings. The van der Waals surface area contributed by atoms with Crippen LogP contribution < -0.4 is 16.5 Å². The highest BCUT2D eigenvalue weighted by atomic mass is 79.9. The van der Waals surface area contributed by atoms with E-state index in [-0.39, 0.29) is 5.96 Å². The number of benzene rings is 1. The summed E-state index contributed by atoms with van der Waals surface area (Å²) in [5.41, 5.74) is 12.6. The average Bonchev–Trinajstić information content (AvgIpc) is 2.65. The smallest absolute Gasteiger partial charge is 0.303 e. The quantitative estimate of drug-likeness (QED) is 0.560. The molecule has 0 spiro atoms. The fourth-order valence-electron chi connectivity index (χ4n) is 1.24. The molecule has 1 aromatic heterocycles. The minimum atomic E-state index is 0.148. The van der Waals surface area contributed by atoms with Gasteiger partial charge in [0.25, 0.3) is 5.13 Å². The molecule has 0 aliphatic rings. The summed E-state index contributed by atoms with van der Waals surface area (Å²) in [6, 6.07) is 7.95. The van der Waals surface area contributed by atoms with E-state index in [2.05, 4.69) is 25.9 Å². The molecule has 1 heterocycles. The summed E-state index contributed by atoms with van der Waals surface area (Å²) in [5, 5.41) is 2.64. The van der Waals surface area contributed by atoms with Crippen LogP contribution in [0.5, 0.6) is 0 Å². The summed E-state index contributed by atoms with van der Waals surface area (Å²) in [7, 11) is 0. The highest BCUT2D eigenvalue weighted by molar-refractivity contribution is 9.10. The molecular formula is C10H10BrN4S+. The minimum Gasteiger partial charge on any atom is -0.311 e. The number of halogens is 1. The first kappa shape index (κ1) is 11.1. The SMILES string of the molecule is NC(N)=[NH+]c1nc(-c2cccc(Br)c2)cs1. The van der Waals surface area contributed by atoms with Crippen molar-refractivity contribution in [3.8, 4) is 11.3 Å². The average molecular weight is 298 g/mol. The second kappa shape index (κ2) is 4.63. The van der Waals surface area contributed by atoms with Crippen molar-refractivity contribution in [2.75, 3.05) is 0 Å². The van der Waals surface area contributed by atoms with Crippen molar-refractivity contribution in [2.24, 2.45) is 11.5 Å². The Morgan fingerprint density at radius 1 is 1.38 bits per heavy atom. The van der Waals surface area contributed by atoms with E-state index in [1.54, 1.807) is 0 Å². The van der Waals surface area contributed by atoms with Crippen molar-refractivity contribution in [3.05, 3.63) is 34.1 Å². The first-order chi connectivity index (χ1) is 7.65. The Bertz CT molecular complexity index is 531. The third-order valence-corrected chi connectivity index (χ3v) is 3.13. The number of nitrogens with one attached hydrogen (secondary N) is 1. The Morgan fingerprint density at radius 2 is 2.19 bits per heavy atom. The molecule has 0 saturated carbocycles. The Hall–Kier alpha value is -1.40. The molecule has 0 saturated heterocycles. The third-order valence-electron chi connectivity index (χ3n) is 1.88. The Labute approximate surface area is 105 Å². The lowest BCUT2D eigenvalue weighted by Gasteiger charge is -1.94. The normalized spacial score (nSPS) is 10.1. The van der Waals surface area contributed by atoms with Gasteiger partial charge >= 0.3 is 5.96 Å². The zero-order valence-corrected chi connectivity index (χ0v) is 10.7. The molecule has 1 aromatic carbocycles. The number of hydrogen-bond acceptors (Lipinski definition) is 2. The molecule has 0 bridgehead atoms. The maximum atomic E-state index is 5.34. The van der Waals surface area contributed by atoms with Crippen LogP contribution in [0.2, 0.25) is 0 Å². The number of aromatic nitrogens is 1. The molecule has 0 unspecified atom stereocenters. The maximum Gasteiger partial charge on any atom is 0.303 e. The molecule has 0 fully saturated rings. The van der Waals surface area contributed by atoms with Gasteiger partial charge in [-0.05, 0) is 12.1 Å². The van der Waals surface area contributed by atoms with Crippen molar-refractivity contribution in [1.82, 2.24) is 4.98 Å². The van der Waals surface area contributed by atoms with Gasteiger partial charge in [-0.2, -0.15) is 0 Å². The van der Waals surface area contributed by atoms with E-state index < -0.39 is 0 Å². The Kier molecular flexibility index (Phi) is 3.21. The molecule has 2 rings (SSSR count). The molecule has 6 heteroatoms. The van der Waals surface area contributed by atoms with Crippen LogP contribution in [0.3, 0.4) is 0 Å². The first-order valence-electron chi connectivity index (χ1n) is 4.51. The van der Waals surface area contributed by atoms with Gasteiger partial charge in [-0.1, -0.05) is 39.4 Å². The van der Waals surface area contributed by atoms with E-state index >= 15 is 0 Å². The van der Waals surface area contributed by atoms with E-state index in [1.807, 2.05) is 29.6 Å². The van der Waals surface area contributed by atoms with Crippen molar-refractivity contribution >= 4 is 38.4 Å². The van der Waals surface area contributed by atoms with E-state index in [0.29, 0.717) is 5.13 Å². The van der Waals surface area contributed by atoms with Gasteiger partial charge in [0.05, 0.1) is 0 Å². The number of hydrogen-bond donors (Lipinski definition) is 3. The van der Waals surface area contributed by atoms with Crippen LogP contribution in [0.1, 0.15) is 0 Å². The van der Waals surface area contributed by atoms with Gasteiger partial charge in [0, 0.05) is 15.4 Å². The summed E-state index contributed by atoms with van der Waals surface area (Å²) < 4.78 is 1.03. The lowest BCUT2D eigenvalue weighted by atomic mass is 10.2. The Balaban J connectivity index is 2.35. The lowest BCUT2D eigenvalue weighted by molar-refractivity contribution is -0.355. The standard InChI is InChI=1S/C10H9BrN4S/c11-7-3-1-2-6(4-7)8-5-16-10(14-8)15-9(12)13/h1-5H,(H4,12,13,14,15)/p+1. The summed E-state index contributed by atoms with van der Waals surface area (Å²) in [6.45, 7) is 0. The van der Waals surface area contributed by atoms with Gasteiger partial charge in [-0.3, -0.25) is 0 Å². The van der Waals surface area contributed by atoms with Crippen LogP contribution in [0.4, 0.5) is 5.13 Å². The highest BCUT2D eigenvalue weighted by Gasteiger charge is 2.07. The van der Waals surface area contributed by atoms with Crippen LogP contribution in [-0.2, 0) is 0 Å². The monoisotopic (exact) mass is 297 g/mol. The van der Waals surface area contributed by atoms with Crippen molar-refractivity contribution in [1.29, 1.82) is 0 Å². The fourth-order valence-corrected chi connectivity index (χ4v) is 2.37. The van der Waals surface area contributed by atoms with E-state index in [9.17, 15) is 0 Å². The molecular weight excluding hydrogens is 288 g/mol. The predicted molar refractivity (Wildman–Crippen MR) is 69.3 cm³/mol. The number of guanidine groups is 1. The lowest BCUT2D eigenvalue weighted by Crippen LogP contribution is -2.72. The van der Waals surface area contributed by atoms with Gasteiger partial charge in [-0.15, -0.1) is 4.98 Å². The summed E-state index contributed by atoms with van der Waals surface area (Å²) in [6.07, 6.45) is 0.